The highest BCUT2D eigenvalue weighted by atomic mass is 79.9. The summed E-state index contributed by atoms with van der Waals surface area (Å²) in [6.45, 7) is 1.63. The van der Waals surface area contributed by atoms with Gasteiger partial charge in [0.05, 0.1) is 11.4 Å². The van der Waals surface area contributed by atoms with Crippen molar-refractivity contribution >= 4 is 39.1 Å². The molecule has 0 spiro atoms. The van der Waals surface area contributed by atoms with Crippen LogP contribution in [0.25, 0.3) is 5.78 Å². The second-order valence-electron chi connectivity index (χ2n) is 4.46. The van der Waals surface area contributed by atoms with Crippen LogP contribution in [0, 0.1) is 6.92 Å². The normalized spacial score (nSPS) is 10.6. The molecule has 0 atom stereocenters. The maximum absolute atomic E-state index is 12.3. The quantitative estimate of drug-likeness (QED) is 0.649. The summed E-state index contributed by atoms with van der Waals surface area (Å²) in [4.78, 5) is 32.4. The van der Waals surface area contributed by atoms with Gasteiger partial charge in [-0.3, -0.25) is 9.89 Å². The average Bonchev–Trinajstić information content (AvgIpc) is 2.94. The van der Waals surface area contributed by atoms with E-state index in [1.807, 2.05) is 6.07 Å². The first-order valence-electron chi connectivity index (χ1n) is 6.31. The Balaban J connectivity index is 1.88. The summed E-state index contributed by atoms with van der Waals surface area (Å²) >= 11 is 3.33. The van der Waals surface area contributed by atoms with Crippen LogP contribution in [0.15, 0.2) is 39.9 Å². The maximum Gasteiger partial charge on any atom is 0.323 e. The van der Waals surface area contributed by atoms with E-state index < -0.39 is 11.6 Å². The first-order valence-corrected chi connectivity index (χ1v) is 7.11. The van der Waals surface area contributed by atoms with Gasteiger partial charge in [-0.2, -0.15) is 4.52 Å². The van der Waals surface area contributed by atoms with Crippen molar-refractivity contribution in [2.75, 3.05) is 10.6 Å². The number of anilines is 2. The Morgan fingerprint density at radius 1 is 1.32 bits per heavy atom. The molecular weight excluding hydrogens is 352 g/mol. The van der Waals surface area contributed by atoms with Crippen LogP contribution in [0.5, 0.6) is 0 Å². The molecule has 3 rings (SSSR count). The standard InChI is InChI=1S/C13H11BrN6O2/c1-7-10(11(21)20-12(17-7)15-6-16-20)19-13(22)18-9-5-3-2-4-8(9)14/h2-6H,1H3,(H,15,16,17)(H2,18,19,22). The zero-order valence-electron chi connectivity index (χ0n) is 11.4. The topological polar surface area (TPSA) is 104 Å². The molecule has 8 nitrogen and oxygen atoms in total. The number of aromatic nitrogens is 4. The maximum atomic E-state index is 12.3. The highest BCUT2D eigenvalue weighted by Crippen LogP contribution is 2.21. The summed E-state index contributed by atoms with van der Waals surface area (Å²) in [5.41, 5.74) is 0.640. The SMILES string of the molecule is Cc1nc2nc[nH]n2c(=O)c1NC(=O)Nc1ccccc1Br. The minimum atomic E-state index is -0.534. The highest BCUT2D eigenvalue weighted by molar-refractivity contribution is 9.10. The van der Waals surface area contributed by atoms with Crippen LogP contribution in [0.2, 0.25) is 0 Å². The molecule has 0 bridgehead atoms. The molecule has 2 amide bonds. The Morgan fingerprint density at radius 3 is 2.86 bits per heavy atom. The number of hydrogen-bond donors (Lipinski definition) is 3. The summed E-state index contributed by atoms with van der Waals surface area (Å²) < 4.78 is 1.89. The first kappa shape index (κ1) is 14.3. The van der Waals surface area contributed by atoms with Gasteiger partial charge in [0.15, 0.2) is 0 Å². The number of aryl methyl sites for hydroxylation is 1. The zero-order chi connectivity index (χ0) is 15.7. The number of amides is 2. The Labute approximate surface area is 132 Å². The summed E-state index contributed by atoms with van der Waals surface area (Å²) in [6.07, 6.45) is 1.36. The molecule has 1 aromatic carbocycles. The van der Waals surface area contributed by atoms with Crippen molar-refractivity contribution in [1.82, 2.24) is 19.6 Å². The average molecular weight is 363 g/mol. The Kier molecular flexibility index (Phi) is 3.63. The summed E-state index contributed by atoms with van der Waals surface area (Å²) in [5.74, 6) is 0.249. The van der Waals surface area contributed by atoms with Gasteiger partial charge in [-0.15, -0.1) is 0 Å². The van der Waals surface area contributed by atoms with Crippen LogP contribution in [0.4, 0.5) is 16.2 Å². The number of halogens is 1. The van der Waals surface area contributed by atoms with E-state index in [9.17, 15) is 9.59 Å². The number of benzene rings is 1. The van der Waals surface area contributed by atoms with Crippen molar-refractivity contribution in [1.29, 1.82) is 0 Å². The van der Waals surface area contributed by atoms with Crippen molar-refractivity contribution in [2.45, 2.75) is 6.92 Å². The molecule has 0 aliphatic carbocycles. The molecule has 9 heteroatoms. The molecule has 0 aliphatic heterocycles. The molecule has 2 aromatic heterocycles. The van der Waals surface area contributed by atoms with E-state index in [0.717, 1.165) is 8.99 Å². The van der Waals surface area contributed by atoms with E-state index in [1.54, 1.807) is 25.1 Å². The number of nitrogens with one attached hydrogen (secondary N) is 3. The fourth-order valence-corrected chi connectivity index (χ4v) is 2.32. The number of carbonyl (C=O) groups is 1. The smallest absolute Gasteiger partial charge is 0.307 e. The van der Waals surface area contributed by atoms with Gasteiger partial charge < -0.3 is 10.6 Å². The molecule has 2 heterocycles. The number of fused-ring (bicyclic) bond motifs is 1. The van der Waals surface area contributed by atoms with E-state index >= 15 is 0 Å². The molecule has 112 valence electrons. The molecular formula is C13H11BrN6O2. The third-order valence-corrected chi connectivity index (χ3v) is 3.67. The molecule has 0 unspecified atom stereocenters. The van der Waals surface area contributed by atoms with Crippen LogP contribution in [-0.4, -0.2) is 25.6 Å². The summed E-state index contributed by atoms with van der Waals surface area (Å²) in [6, 6.07) is 6.62. The fourth-order valence-electron chi connectivity index (χ4n) is 1.93. The van der Waals surface area contributed by atoms with Crippen LogP contribution < -0.4 is 16.2 Å². The number of carbonyl (C=O) groups excluding carboxylic acids is 1. The lowest BCUT2D eigenvalue weighted by Crippen LogP contribution is -2.28. The minimum absolute atomic E-state index is 0.0892. The molecule has 0 fully saturated rings. The molecule has 0 saturated heterocycles. The predicted octanol–water partition coefficient (Wildman–Crippen LogP) is 2.13. The van der Waals surface area contributed by atoms with Crippen LogP contribution >= 0.6 is 15.9 Å². The Morgan fingerprint density at radius 2 is 2.09 bits per heavy atom. The molecule has 0 radical (unpaired) electrons. The third kappa shape index (κ3) is 2.58. The molecule has 3 N–H and O–H groups in total. The second-order valence-corrected chi connectivity index (χ2v) is 5.31. The minimum Gasteiger partial charge on any atom is -0.307 e. The number of H-pyrrole nitrogens is 1. The van der Waals surface area contributed by atoms with Crippen LogP contribution in [0.1, 0.15) is 5.69 Å². The van der Waals surface area contributed by atoms with Crippen molar-refractivity contribution in [2.24, 2.45) is 0 Å². The van der Waals surface area contributed by atoms with E-state index in [1.165, 1.54) is 6.33 Å². The Hall–Kier alpha value is -2.68. The van der Waals surface area contributed by atoms with E-state index in [2.05, 4.69) is 41.6 Å². The lowest BCUT2D eigenvalue weighted by atomic mass is 10.3. The van der Waals surface area contributed by atoms with Crippen molar-refractivity contribution < 1.29 is 4.79 Å². The van der Waals surface area contributed by atoms with Crippen LogP contribution in [-0.2, 0) is 0 Å². The van der Waals surface area contributed by atoms with Gasteiger partial charge in [0, 0.05) is 4.47 Å². The second kappa shape index (κ2) is 5.60. The number of aromatic amines is 1. The number of urea groups is 1. The van der Waals surface area contributed by atoms with E-state index in [0.29, 0.717) is 11.4 Å². The Bertz CT molecular complexity index is 916. The first-order chi connectivity index (χ1) is 10.6. The van der Waals surface area contributed by atoms with Gasteiger partial charge in [-0.25, -0.2) is 14.8 Å². The predicted molar refractivity (Wildman–Crippen MR) is 85.1 cm³/mol. The van der Waals surface area contributed by atoms with Gasteiger partial charge in [-0.1, -0.05) is 12.1 Å². The molecule has 22 heavy (non-hydrogen) atoms. The van der Waals surface area contributed by atoms with Crippen molar-refractivity contribution in [3.05, 3.63) is 51.1 Å². The largest absolute Gasteiger partial charge is 0.323 e. The summed E-state index contributed by atoms with van der Waals surface area (Å²) in [7, 11) is 0. The van der Waals surface area contributed by atoms with E-state index in [4.69, 9.17) is 0 Å². The lowest BCUT2D eigenvalue weighted by Gasteiger charge is -2.10. The van der Waals surface area contributed by atoms with Gasteiger partial charge in [0.25, 0.3) is 11.3 Å². The van der Waals surface area contributed by atoms with Crippen molar-refractivity contribution in [3.63, 3.8) is 0 Å². The van der Waals surface area contributed by atoms with Gasteiger partial charge in [-0.05, 0) is 35.0 Å². The highest BCUT2D eigenvalue weighted by Gasteiger charge is 2.14. The summed E-state index contributed by atoms with van der Waals surface area (Å²) in [5, 5.41) is 7.82. The lowest BCUT2D eigenvalue weighted by molar-refractivity contribution is 0.262. The van der Waals surface area contributed by atoms with Gasteiger partial charge in [0.1, 0.15) is 12.0 Å². The monoisotopic (exact) mass is 362 g/mol. The molecule has 0 aliphatic rings. The fraction of sp³-hybridized carbons (Fsp3) is 0.0769. The van der Waals surface area contributed by atoms with Crippen LogP contribution in [0.3, 0.4) is 0 Å². The zero-order valence-corrected chi connectivity index (χ0v) is 13.0. The van der Waals surface area contributed by atoms with Gasteiger partial charge in [0.2, 0.25) is 0 Å². The third-order valence-electron chi connectivity index (χ3n) is 2.97. The molecule has 3 aromatic rings. The van der Waals surface area contributed by atoms with Gasteiger partial charge >= 0.3 is 6.03 Å². The van der Waals surface area contributed by atoms with Crippen molar-refractivity contribution in [3.8, 4) is 0 Å². The molecule has 0 saturated carbocycles. The number of hydrogen-bond acceptors (Lipinski definition) is 4. The number of nitrogens with zero attached hydrogens (tertiary/aromatic N) is 3. The number of rotatable bonds is 2. The van der Waals surface area contributed by atoms with E-state index in [-0.39, 0.29) is 11.5 Å². The number of para-hydroxylation sites is 1.